The molecule has 3 heterocycles. The van der Waals surface area contributed by atoms with Crippen LogP contribution in [0.15, 0.2) is 35.4 Å². The summed E-state index contributed by atoms with van der Waals surface area (Å²) in [6.45, 7) is -0.475. The van der Waals surface area contributed by atoms with Crippen LogP contribution < -0.4 is 15.9 Å². The van der Waals surface area contributed by atoms with Gasteiger partial charge in [-0.1, -0.05) is 17.4 Å². The monoisotopic (exact) mass is 437 g/mol. The Kier molecular flexibility index (Phi) is 4.68. The minimum absolute atomic E-state index is 0.0335. The van der Waals surface area contributed by atoms with Gasteiger partial charge in [-0.2, -0.15) is 18.2 Å². The molecule has 0 spiro atoms. The first kappa shape index (κ1) is 19.8. The van der Waals surface area contributed by atoms with Gasteiger partial charge in [0.05, 0.1) is 5.56 Å². The highest BCUT2D eigenvalue weighted by molar-refractivity contribution is 7.22. The van der Waals surface area contributed by atoms with Gasteiger partial charge in [0.2, 0.25) is 5.91 Å². The Morgan fingerprint density at radius 1 is 1.30 bits per heavy atom. The van der Waals surface area contributed by atoms with Gasteiger partial charge in [0.15, 0.2) is 16.4 Å². The SMILES string of the molecule is CN(C)c1nc2ncn3c(=O)n(CC(=O)Nc4cccc(C(F)(F)F)c4)nc3c2s1. The van der Waals surface area contributed by atoms with E-state index in [4.69, 9.17) is 0 Å². The Morgan fingerprint density at radius 3 is 2.77 bits per heavy atom. The molecule has 0 aliphatic rings. The highest BCUT2D eigenvalue weighted by Crippen LogP contribution is 2.31. The molecule has 0 saturated carbocycles. The van der Waals surface area contributed by atoms with Crippen molar-refractivity contribution in [2.45, 2.75) is 12.7 Å². The van der Waals surface area contributed by atoms with E-state index in [0.29, 0.717) is 21.1 Å². The molecule has 0 aliphatic carbocycles. The molecule has 0 radical (unpaired) electrons. The number of nitrogens with zero attached hydrogens (tertiary/aromatic N) is 6. The summed E-state index contributed by atoms with van der Waals surface area (Å²) in [5, 5.41) is 7.22. The Morgan fingerprint density at radius 2 is 2.07 bits per heavy atom. The average Bonchev–Trinajstić information content (AvgIpc) is 3.23. The maximum atomic E-state index is 12.8. The van der Waals surface area contributed by atoms with Crippen molar-refractivity contribution in [3.63, 3.8) is 0 Å². The van der Waals surface area contributed by atoms with Gasteiger partial charge in [0.25, 0.3) is 0 Å². The standard InChI is InChI=1S/C17H14F3N7O2S/c1-25(2)15-23-13-12(30-15)14-24-27(16(29)26(14)8-21-13)7-11(28)22-10-5-3-4-9(6-10)17(18,19)20/h3-6,8H,7H2,1-2H3,(H,22,28). The third-order valence-electron chi connectivity index (χ3n) is 4.12. The fraction of sp³-hybridized carbons (Fsp3) is 0.235. The Hall–Kier alpha value is -3.48. The second-order valence-corrected chi connectivity index (χ2v) is 7.53. The quantitative estimate of drug-likeness (QED) is 0.526. The van der Waals surface area contributed by atoms with E-state index in [1.807, 2.05) is 14.1 Å². The molecule has 0 unspecified atom stereocenters. The molecule has 3 aromatic heterocycles. The van der Waals surface area contributed by atoms with E-state index >= 15 is 0 Å². The van der Waals surface area contributed by atoms with Crippen LogP contribution in [0.3, 0.4) is 0 Å². The summed E-state index contributed by atoms with van der Waals surface area (Å²) in [6.07, 6.45) is -3.26. The second kappa shape index (κ2) is 7.09. The molecule has 4 aromatic rings. The van der Waals surface area contributed by atoms with Crippen molar-refractivity contribution in [1.29, 1.82) is 0 Å². The highest BCUT2D eigenvalue weighted by Gasteiger charge is 2.30. The van der Waals surface area contributed by atoms with Crippen LogP contribution in [-0.4, -0.2) is 44.2 Å². The van der Waals surface area contributed by atoms with E-state index in [0.717, 1.165) is 16.8 Å². The molecule has 9 nitrogen and oxygen atoms in total. The number of carbonyl (C=O) groups excluding carboxylic acids is 1. The molecular weight excluding hydrogens is 423 g/mol. The van der Waals surface area contributed by atoms with Gasteiger partial charge in [-0.05, 0) is 18.2 Å². The van der Waals surface area contributed by atoms with Gasteiger partial charge < -0.3 is 10.2 Å². The van der Waals surface area contributed by atoms with Gasteiger partial charge in [0.1, 0.15) is 17.6 Å². The zero-order valence-electron chi connectivity index (χ0n) is 15.6. The molecule has 30 heavy (non-hydrogen) atoms. The van der Waals surface area contributed by atoms with Crippen LogP contribution in [0.1, 0.15) is 5.56 Å². The molecular formula is C17H14F3N7O2S. The molecule has 0 atom stereocenters. The molecule has 1 aromatic carbocycles. The first-order chi connectivity index (χ1) is 14.1. The van der Waals surface area contributed by atoms with Crippen molar-refractivity contribution in [1.82, 2.24) is 24.1 Å². The Labute approximate surface area is 170 Å². The summed E-state index contributed by atoms with van der Waals surface area (Å²) in [4.78, 5) is 35.1. The lowest BCUT2D eigenvalue weighted by Crippen LogP contribution is -2.28. The Bertz CT molecular complexity index is 1320. The number of carbonyl (C=O) groups is 1. The van der Waals surface area contributed by atoms with Gasteiger partial charge in [-0.25, -0.2) is 18.9 Å². The van der Waals surface area contributed by atoms with E-state index in [1.165, 1.54) is 34.2 Å². The van der Waals surface area contributed by atoms with Gasteiger partial charge in [-0.3, -0.25) is 4.79 Å². The number of aromatic nitrogens is 5. The molecule has 0 bridgehead atoms. The molecule has 0 fully saturated rings. The summed E-state index contributed by atoms with van der Waals surface area (Å²) in [7, 11) is 3.63. The normalized spacial score (nSPS) is 11.9. The minimum atomic E-state index is -4.53. The lowest BCUT2D eigenvalue weighted by atomic mass is 10.2. The van der Waals surface area contributed by atoms with E-state index in [2.05, 4.69) is 20.4 Å². The number of amides is 1. The number of hydrogen-bond acceptors (Lipinski definition) is 7. The predicted molar refractivity (Wildman–Crippen MR) is 105 cm³/mol. The topological polar surface area (TPSA) is 97.4 Å². The van der Waals surface area contributed by atoms with Gasteiger partial charge in [-0.15, -0.1) is 5.10 Å². The first-order valence-corrected chi connectivity index (χ1v) is 9.34. The molecule has 4 rings (SSSR count). The maximum absolute atomic E-state index is 12.8. The molecule has 1 N–H and O–H groups in total. The average molecular weight is 437 g/mol. The molecule has 1 amide bonds. The zero-order valence-corrected chi connectivity index (χ0v) is 16.5. The number of benzene rings is 1. The fourth-order valence-corrected chi connectivity index (χ4v) is 3.65. The van der Waals surface area contributed by atoms with Crippen molar-refractivity contribution in [2.24, 2.45) is 0 Å². The lowest BCUT2D eigenvalue weighted by Gasteiger charge is -2.09. The molecule has 0 saturated heterocycles. The number of rotatable bonds is 4. The number of nitrogens with one attached hydrogen (secondary N) is 1. The summed E-state index contributed by atoms with van der Waals surface area (Å²) >= 11 is 1.29. The molecule has 13 heteroatoms. The maximum Gasteiger partial charge on any atom is 0.416 e. The summed E-state index contributed by atoms with van der Waals surface area (Å²) in [6, 6.07) is 4.23. The van der Waals surface area contributed by atoms with Crippen LogP contribution in [0.5, 0.6) is 0 Å². The zero-order chi connectivity index (χ0) is 21.6. The van der Waals surface area contributed by atoms with E-state index in [9.17, 15) is 22.8 Å². The van der Waals surface area contributed by atoms with Crippen LogP contribution in [0.2, 0.25) is 0 Å². The van der Waals surface area contributed by atoms with Gasteiger partial charge in [0, 0.05) is 19.8 Å². The van der Waals surface area contributed by atoms with Crippen molar-refractivity contribution in [2.75, 3.05) is 24.3 Å². The minimum Gasteiger partial charge on any atom is -0.354 e. The van der Waals surface area contributed by atoms with Crippen LogP contribution in [-0.2, 0) is 17.5 Å². The smallest absolute Gasteiger partial charge is 0.354 e. The number of anilines is 2. The summed E-state index contributed by atoms with van der Waals surface area (Å²) < 4.78 is 41.2. The van der Waals surface area contributed by atoms with Crippen molar-refractivity contribution in [3.05, 3.63) is 46.6 Å². The Balaban J connectivity index is 1.62. The van der Waals surface area contributed by atoms with E-state index in [-0.39, 0.29) is 5.69 Å². The van der Waals surface area contributed by atoms with Crippen LogP contribution in [0, 0.1) is 0 Å². The highest BCUT2D eigenvalue weighted by atomic mass is 32.1. The fourth-order valence-electron chi connectivity index (χ4n) is 2.73. The van der Waals surface area contributed by atoms with Gasteiger partial charge >= 0.3 is 11.9 Å². The van der Waals surface area contributed by atoms with Crippen LogP contribution >= 0.6 is 11.3 Å². The lowest BCUT2D eigenvalue weighted by molar-refractivity contribution is -0.137. The van der Waals surface area contributed by atoms with Crippen molar-refractivity contribution < 1.29 is 18.0 Å². The molecule has 156 valence electrons. The summed E-state index contributed by atoms with van der Waals surface area (Å²) in [5.74, 6) is -0.692. The number of fused-ring (bicyclic) bond motifs is 3. The van der Waals surface area contributed by atoms with Crippen molar-refractivity contribution in [3.8, 4) is 0 Å². The third-order valence-corrected chi connectivity index (χ3v) is 5.32. The van der Waals surface area contributed by atoms with E-state index < -0.39 is 29.9 Å². The number of hydrogen-bond donors (Lipinski definition) is 1. The van der Waals surface area contributed by atoms with Crippen molar-refractivity contribution >= 4 is 44.1 Å². The van der Waals surface area contributed by atoms with Crippen LogP contribution in [0.25, 0.3) is 16.0 Å². The number of halogens is 3. The molecule has 0 aliphatic heterocycles. The van der Waals surface area contributed by atoms with E-state index in [1.54, 1.807) is 4.90 Å². The first-order valence-electron chi connectivity index (χ1n) is 8.52. The number of alkyl halides is 3. The largest absolute Gasteiger partial charge is 0.416 e. The predicted octanol–water partition coefficient (Wildman–Crippen LogP) is 2.22. The third kappa shape index (κ3) is 3.58. The summed E-state index contributed by atoms with van der Waals surface area (Å²) in [5.41, 5.74) is -0.808. The number of thiazole rings is 1. The van der Waals surface area contributed by atoms with Crippen LogP contribution in [0.4, 0.5) is 24.0 Å². The second-order valence-electron chi connectivity index (χ2n) is 6.55.